The summed E-state index contributed by atoms with van der Waals surface area (Å²) in [5.74, 6) is 0.431. The summed E-state index contributed by atoms with van der Waals surface area (Å²) in [6.07, 6.45) is 1.94. The highest BCUT2D eigenvalue weighted by atomic mass is 32.2. The van der Waals surface area contributed by atoms with Crippen molar-refractivity contribution in [2.24, 2.45) is 0 Å². The van der Waals surface area contributed by atoms with Gasteiger partial charge in [0.05, 0.1) is 6.61 Å². The molecule has 6 heteroatoms. The number of aliphatic hydroxyl groups excluding tert-OH is 1. The SMILES string of the molecule is CSCc1cc(F)ccc1CNC(=O)NCCO. The van der Waals surface area contributed by atoms with Gasteiger partial charge in [-0.2, -0.15) is 11.8 Å². The predicted octanol–water partition coefficient (Wildman–Crippen LogP) is 1.48. The van der Waals surface area contributed by atoms with Crippen LogP contribution in [0.1, 0.15) is 11.1 Å². The number of amides is 2. The number of nitrogens with one attached hydrogen (secondary N) is 2. The van der Waals surface area contributed by atoms with Gasteiger partial charge < -0.3 is 15.7 Å². The van der Waals surface area contributed by atoms with Gasteiger partial charge in [-0.15, -0.1) is 0 Å². The highest BCUT2D eigenvalue weighted by molar-refractivity contribution is 7.97. The van der Waals surface area contributed by atoms with Gasteiger partial charge in [-0.05, 0) is 29.5 Å². The Labute approximate surface area is 110 Å². The highest BCUT2D eigenvalue weighted by Gasteiger charge is 2.05. The van der Waals surface area contributed by atoms with Crippen LogP contribution >= 0.6 is 11.8 Å². The first kappa shape index (κ1) is 14.8. The Kier molecular flexibility index (Phi) is 6.53. The zero-order chi connectivity index (χ0) is 13.4. The molecule has 0 heterocycles. The topological polar surface area (TPSA) is 61.4 Å². The summed E-state index contributed by atoms with van der Waals surface area (Å²) in [7, 11) is 0. The number of halogens is 1. The quantitative estimate of drug-likeness (QED) is 0.735. The van der Waals surface area contributed by atoms with Crippen LogP contribution in [0.2, 0.25) is 0 Å². The molecular weight excluding hydrogens is 255 g/mol. The second-order valence-corrected chi connectivity index (χ2v) is 4.55. The molecule has 0 atom stereocenters. The van der Waals surface area contributed by atoms with Crippen molar-refractivity contribution in [3.8, 4) is 0 Å². The molecule has 0 fully saturated rings. The monoisotopic (exact) mass is 272 g/mol. The number of benzene rings is 1. The van der Waals surface area contributed by atoms with Gasteiger partial charge in [0.15, 0.2) is 0 Å². The van der Waals surface area contributed by atoms with Crippen LogP contribution < -0.4 is 10.6 Å². The lowest BCUT2D eigenvalue weighted by atomic mass is 10.1. The van der Waals surface area contributed by atoms with Gasteiger partial charge in [0, 0.05) is 18.8 Å². The zero-order valence-corrected chi connectivity index (χ0v) is 11.0. The maximum Gasteiger partial charge on any atom is 0.315 e. The molecule has 0 aliphatic carbocycles. The first-order valence-electron chi connectivity index (χ1n) is 5.56. The van der Waals surface area contributed by atoms with Gasteiger partial charge in [-0.1, -0.05) is 6.07 Å². The minimum atomic E-state index is -0.344. The molecule has 0 spiro atoms. The van der Waals surface area contributed by atoms with Crippen LogP contribution in [-0.4, -0.2) is 30.5 Å². The number of carbonyl (C=O) groups excluding carboxylic acids is 1. The number of rotatable bonds is 6. The van der Waals surface area contributed by atoms with Gasteiger partial charge in [0.1, 0.15) is 5.82 Å². The van der Waals surface area contributed by atoms with Crippen molar-refractivity contribution in [2.45, 2.75) is 12.3 Å². The Morgan fingerprint density at radius 1 is 1.39 bits per heavy atom. The van der Waals surface area contributed by atoms with E-state index in [1.807, 2.05) is 6.26 Å². The summed E-state index contributed by atoms with van der Waals surface area (Å²) in [5.41, 5.74) is 1.77. The zero-order valence-electron chi connectivity index (χ0n) is 10.2. The first-order chi connectivity index (χ1) is 8.67. The van der Waals surface area contributed by atoms with Crippen LogP contribution in [0.3, 0.4) is 0 Å². The lowest BCUT2D eigenvalue weighted by Crippen LogP contribution is -2.36. The van der Waals surface area contributed by atoms with Gasteiger partial charge in [0.25, 0.3) is 0 Å². The van der Waals surface area contributed by atoms with Crippen LogP contribution in [0.15, 0.2) is 18.2 Å². The molecule has 0 aliphatic rings. The molecule has 0 aliphatic heterocycles. The number of hydrogen-bond acceptors (Lipinski definition) is 3. The summed E-state index contributed by atoms with van der Waals surface area (Å²) < 4.78 is 13.1. The first-order valence-corrected chi connectivity index (χ1v) is 6.95. The van der Waals surface area contributed by atoms with E-state index in [0.717, 1.165) is 11.1 Å². The van der Waals surface area contributed by atoms with Crippen LogP contribution in [0.4, 0.5) is 9.18 Å². The molecule has 1 aromatic carbocycles. The van der Waals surface area contributed by atoms with E-state index in [2.05, 4.69) is 10.6 Å². The fourth-order valence-corrected chi connectivity index (χ4v) is 2.04. The average Bonchev–Trinajstić information content (AvgIpc) is 2.36. The smallest absolute Gasteiger partial charge is 0.315 e. The second-order valence-electron chi connectivity index (χ2n) is 3.68. The maximum absolute atomic E-state index is 13.1. The predicted molar refractivity (Wildman–Crippen MR) is 70.9 cm³/mol. The van der Waals surface area contributed by atoms with E-state index in [-0.39, 0.29) is 25.0 Å². The fourth-order valence-electron chi connectivity index (χ4n) is 1.46. The lowest BCUT2D eigenvalue weighted by molar-refractivity contribution is 0.234. The minimum Gasteiger partial charge on any atom is -0.395 e. The molecule has 0 radical (unpaired) electrons. The summed E-state index contributed by atoms with van der Waals surface area (Å²) in [6.45, 7) is 0.460. The van der Waals surface area contributed by atoms with E-state index in [0.29, 0.717) is 12.3 Å². The normalized spacial score (nSPS) is 10.2. The number of thioether (sulfide) groups is 1. The molecule has 100 valence electrons. The third-order valence-corrected chi connectivity index (χ3v) is 2.90. The van der Waals surface area contributed by atoms with Gasteiger partial charge in [0.2, 0.25) is 0 Å². The van der Waals surface area contributed by atoms with E-state index >= 15 is 0 Å². The van der Waals surface area contributed by atoms with Gasteiger partial charge in [-0.3, -0.25) is 0 Å². The Balaban J connectivity index is 2.58. The van der Waals surface area contributed by atoms with Crippen LogP contribution in [0.25, 0.3) is 0 Å². The van der Waals surface area contributed by atoms with Crippen molar-refractivity contribution >= 4 is 17.8 Å². The van der Waals surface area contributed by atoms with E-state index in [1.54, 1.807) is 17.8 Å². The number of carbonyl (C=O) groups is 1. The van der Waals surface area contributed by atoms with Gasteiger partial charge in [-0.25, -0.2) is 9.18 Å². The maximum atomic E-state index is 13.1. The minimum absolute atomic E-state index is 0.0955. The Morgan fingerprint density at radius 3 is 2.83 bits per heavy atom. The third-order valence-electron chi connectivity index (χ3n) is 2.30. The molecule has 0 saturated carbocycles. The van der Waals surface area contributed by atoms with Crippen molar-refractivity contribution < 1.29 is 14.3 Å². The Morgan fingerprint density at radius 2 is 2.17 bits per heavy atom. The van der Waals surface area contributed by atoms with E-state index in [4.69, 9.17) is 5.11 Å². The lowest BCUT2D eigenvalue weighted by Gasteiger charge is -2.10. The average molecular weight is 272 g/mol. The Hall–Kier alpha value is -1.27. The summed E-state index contributed by atoms with van der Waals surface area (Å²) in [5, 5.41) is 13.7. The highest BCUT2D eigenvalue weighted by Crippen LogP contribution is 2.16. The summed E-state index contributed by atoms with van der Waals surface area (Å²) >= 11 is 1.60. The molecule has 0 saturated heterocycles. The fraction of sp³-hybridized carbons (Fsp3) is 0.417. The molecule has 0 unspecified atom stereocenters. The van der Waals surface area contributed by atoms with Crippen molar-refractivity contribution in [1.82, 2.24) is 10.6 Å². The summed E-state index contributed by atoms with van der Waals surface area (Å²) in [6, 6.07) is 4.20. The number of aliphatic hydroxyl groups is 1. The number of urea groups is 1. The van der Waals surface area contributed by atoms with E-state index in [1.165, 1.54) is 12.1 Å². The van der Waals surface area contributed by atoms with E-state index < -0.39 is 0 Å². The van der Waals surface area contributed by atoms with Crippen molar-refractivity contribution in [2.75, 3.05) is 19.4 Å². The van der Waals surface area contributed by atoms with Crippen LogP contribution in [0.5, 0.6) is 0 Å². The molecule has 0 bridgehead atoms. The third kappa shape index (κ3) is 4.93. The molecule has 18 heavy (non-hydrogen) atoms. The molecule has 2 amide bonds. The van der Waals surface area contributed by atoms with Crippen molar-refractivity contribution in [1.29, 1.82) is 0 Å². The van der Waals surface area contributed by atoms with Crippen LogP contribution in [0, 0.1) is 5.82 Å². The molecular formula is C12H17FN2O2S. The molecule has 4 nitrogen and oxygen atoms in total. The van der Waals surface area contributed by atoms with Crippen molar-refractivity contribution in [3.63, 3.8) is 0 Å². The molecule has 3 N–H and O–H groups in total. The van der Waals surface area contributed by atoms with E-state index in [9.17, 15) is 9.18 Å². The Bertz CT molecular complexity index is 402. The second kappa shape index (κ2) is 7.94. The largest absolute Gasteiger partial charge is 0.395 e. The molecule has 0 aromatic heterocycles. The van der Waals surface area contributed by atoms with Crippen molar-refractivity contribution in [3.05, 3.63) is 35.1 Å². The molecule has 1 rings (SSSR count). The standard InChI is InChI=1S/C12H17FN2O2S/c1-18-8-10-6-11(13)3-2-9(10)7-15-12(17)14-4-5-16/h2-3,6,16H,4-5,7-8H2,1H3,(H2,14,15,17). The molecule has 1 aromatic rings. The van der Waals surface area contributed by atoms with Crippen LogP contribution in [-0.2, 0) is 12.3 Å². The summed E-state index contributed by atoms with van der Waals surface area (Å²) in [4.78, 5) is 11.3. The number of hydrogen-bond donors (Lipinski definition) is 3. The van der Waals surface area contributed by atoms with Gasteiger partial charge >= 0.3 is 6.03 Å².